The van der Waals surface area contributed by atoms with Gasteiger partial charge < -0.3 is 9.88 Å². The van der Waals surface area contributed by atoms with Crippen LogP contribution in [-0.2, 0) is 30.7 Å². The molecule has 1 aromatic heterocycles. The van der Waals surface area contributed by atoms with Gasteiger partial charge in [-0.1, -0.05) is 36.8 Å². The maximum atomic E-state index is 12.3. The number of aromatic nitrogens is 3. The Bertz CT molecular complexity index is 782. The summed E-state index contributed by atoms with van der Waals surface area (Å²) < 4.78 is 2.26. The van der Waals surface area contributed by atoms with Crippen LogP contribution in [-0.4, -0.2) is 69.7 Å². The van der Waals surface area contributed by atoms with Gasteiger partial charge in [0.05, 0.1) is 6.54 Å². The molecular weight excluding hydrogens is 364 g/mol. The number of rotatable bonds is 7. The van der Waals surface area contributed by atoms with Gasteiger partial charge in [0.25, 0.3) is 0 Å². The Morgan fingerprint density at radius 2 is 1.72 bits per heavy atom. The van der Waals surface area contributed by atoms with Crippen molar-refractivity contribution in [2.24, 2.45) is 0 Å². The Balaban J connectivity index is 1.15. The lowest BCUT2D eigenvalue weighted by Crippen LogP contribution is -2.49. The minimum Gasteiger partial charge on any atom is -0.355 e. The molecule has 2 aromatic rings. The molecule has 156 valence electrons. The summed E-state index contributed by atoms with van der Waals surface area (Å²) in [5, 5.41) is 11.7. The van der Waals surface area contributed by atoms with Gasteiger partial charge >= 0.3 is 0 Å². The van der Waals surface area contributed by atoms with Gasteiger partial charge in [-0.3, -0.25) is 14.6 Å². The van der Waals surface area contributed by atoms with E-state index in [9.17, 15) is 4.79 Å². The Morgan fingerprint density at radius 1 is 0.931 bits per heavy atom. The first-order valence-electron chi connectivity index (χ1n) is 10.9. The number of amides is 1. The van der Waals surface area contributed by atoms with E-state index in [1.807, 2.05) is 0 Å². The molecule has 2 aliphatic rings. The summed E-state index contributed by atoms with van der Waals surface area (Å²) in [4.78, 5) is 17.1. The minimum atomic E-state index is 0.108. The third-order valence-corrected chi connectivity index (χ3v) is 5.94. The Hall–Kier alpha value is -2.25. The molecule has 1 saturated heterocycles. The van der Waals surface area contributed by atoms with Gasteiger partial charge in [-0.2, -0.15) is 0 Å². The first kappa shape index (κ1) is 20.0. The summed E-state index contributed by atoms with van der Waals surface area (Å²) in [6.07, 6.45) is 5.44. The van der Waals surface area contributed by atoms with Gasteiger partial charge in [0.15, 0.2) is 0 Å². The van der Waals surface area contributed by atoms with E-state index < -0.39 is 0 Å². The van der Waals surface area contributed by atoms with Crippen molar-refractivity contribution in [1.82, 2.24) is 29.9 Å². The molecule has 0 radical (unpaired) electrons. The van der Waals surface area contributed by atoms with Gasteiger partial charge in [0, 0.05) is 58.7 Å². The van der Waals surface area contributed by atoms with Crippen molar-refractivity contribution in [2.45, 2.75) is 45.2 Å². The van der Waals surface area contributed by atoms with Crippen molar-refractivity contribution in [2.75, 3.05) is 39.3 Å². The van der Waals surface area contributed by atoms with Crippen LogP contribution in [0.25, 0.3) is 0 Å². The van der Waals surface area contributed by atoms with Gasteiger partial charge in [0.2, 0.25) is 5.91 Å². The van der Waals surface area contributed by atoms with Crippen LogP contribution in [0, 0.1) is 0 Å². The van der Waals surface area contributed by atoms with Crippen LogP contribution in [0.5, 0.6) is 0 Å². The lowest BCUT2D eigenvalue weighted by molar-refractivity contribution is -0.122. The zero-order valence-electron chi connectivity index (χ0n) is 17.2. The fraction of sp³-hybridized carbons (Fsp3) is 0.591. The number of hydrogen-bond donors (Lipinski definition) is 1. The number of benzene rings is 1. The minimum absolute atomic E-state index is 0.108. The van der Waals surface area contributed by atoms with E-state index in [2.05, 4.69) is 60.2 Å². The first-order chi connectivity index (χ1) is 14.3. The highest BCUT2D eigenvalue weighted by Gasteiger charge is 2.19. The molecule has 1 aromatic carbocycles. The quantitative estimate of drug-likeness (QED) is 0.768. The van der Waals surface area contributed by atoms with Gasteiger partial charge in [-0.15, -0.1) is 10.2 Å². The molecule has 0 saturated carbocycles. The van der Waals surface area contributed by atoms with E-state index >= 15 is 0 Å². The summed E-state index contributed by atoms with van der Waals surface area (Å²) in [5.74, 6) is 2.23. The molecule has 0 aliphatic carbocycles. The van der Waals surface area contributed by atoms with Crippen molar-refractivity contribution >= 4 is 5.91 Å². The molecule has 29 heavy (non-hydrogen) atoms. The highest BCUT2D eigenvalue weighted by Crippen LogP contribution is 2.14. The van der Waals surface area contributed by atoms with Crippen molar-refractivity contribution < 1.29 is 4.79 Å². The molecule has 1 fully saturated rings. The summed E-state index contributed by atoms with van der Waals surface area (Å²) in [6.45, 7) is 7.02. The number of hydrogen-bond acceptors (Lipinski definition) is 5. The van der Waals surface area contributed by atoms with Crippen LogP contribution in [0.1, 0.15) is 36.5 Å². The molecule has 4 rings (SSSR count). The van der Waals surface area contributed by atoms with E-state index in [1.54, 1.807) is 0 Å². The molecule has 1 amide bonds. The molecule has 2 aliphatic heterocycles. The zero-order chi connectivity index (χ0) is 19.9. The van der Waals surface area contributed by atoms with Crippen LogP contribution in [0.15, 0.2) is 30.3 Å². The Kier molecular flexibility index (Phi) is 6.90. The second-order valence-corrected chi connectivity index (χ2v) is 8.13. The van der Waals surface area contributed by atoms with Crippen LogP contribution in [0.4, 0.5) is 0 Å². The molecule has 0 bridgehead atoms. The van der Waals surface area contributed by atoms with Crippen LogP contribution in [0.3, 0.4) is 0 Å². The summed E-state index contributed by atoms with van der Waals surface area (Å²) in [7, 11) is 0. The van der Waals surface area contributed by atoms with E-state index in [0.29, 0.717) is 13.1 Å². The normalized spacial score (nSPS) is 18.2. The largest absolute Gasteiger partial charge is 0.355 e. The number of nitrogens with one attached hydrogen (secondary N) is 1. The molecule has 3 heterocycles. The van der Waals surface area contributed by atoms with E-state index in [4.69, 9.17) is 0 Å². The predicted molar refractivity (Wildman–Crippen MR) is 112 cm³/mol. The molecule has 7 nitrogen and oxygen atoms in total. The maximum Gasteiger partial charge on any atom is 0.234 e. The van der Waals surface area contributed by atoms with Crippen molar-refractivity contribution in [3.05, 3.63) is 47.5 Å². The summed E-state index contributed by atoms with van der Waals surface area (Å²) >= 11 is 0. The topological polar surface area (TPSA) is 66.3 Å². The average molecular weight is 397 g/mol. The zero-order valence-corrected chi connectivity index (χ0v) is 17.2. The molecule has 0 unspecified atom stereocenters. The van der Waals surface area contributed by atoms with E-state index in [0.717, 1.165) is 63.8 Å². The number of carbonyl (C=O) groups excluding carboxylic acids is 1. The third-order valence-electron chi connectivity index (χ3n) is 5.94. The third kappa shape index (κ3) is 5.64. The number of nitrogens with zero attached hydrogens (tertiary/aromatic N) is 5. The van der Waals surface area contributed by atoms with Crippen LogP contribution >= 0.6 is 0 Å². The molecule has 1 N–H and O–H groups in total. The number of fused-ring (bicyclic) bond motifs is 1. The van der Waals surface area contributed by atoms with Gasteiger partial charge in [-0.05, 0) is 18.4 Å². The lowest BCUT2D eigenvalue weighted by atomic mass is 10.2. The van der Waals surface area contributed by atoms with Crippen LogP contribution in [0.2, 0.25) is 0 Å². The van der Waals surface area contributed by atoms with Gasteiger partial charge in [-0.25, -0.2) is 0 Å². The Labute approximate surface area is 173 Å². The monoisotopic (exact) mass is 396 g/mol. The second kappa shape index (κ2) is 9.98. The van der Waals surface area contributed by atoms with Crippen molar-refractivity contribution in [3.63, 3.8) is 0 Å². The molecule has 0 atom stereocenters. The average Bonchev–Trinajstić information content (AvgIpc) is 2.96. The fourth-order valence-corrected chi connectivity index (χ4v) is 4.25. The highest BCUT2D eigenvalue weighted by atomic mass is 16.2. The van der Waals surface area contributed by atoms with Crippen molar-refractivity contribution in [3.8, 4) is 0 Å². The summed E-state index contributed by atoms with van der Waals surface area (Å²) in [5.41, 5.74) is 1.35. The van der Waals surface area contributed by atoms with Gasteiger partial charge in [0.1, 0.15) is 11.6 Å². The first-order valence-corrected chi connectivity index (χ1v) is 10.9. The second-order valence-electron chi connectivity index (χ2n) is 8.13. The van der Waals surface area contributed by atoms with Crippen molar-refractivity contribution in [1.29, 1.82) is 0 Å². The van der Waals surface area contributed by atoms with E-state index in [-0.39, 0.29) is 5.91 Å². The molecular formula is C22H32N6O. The SMILES string of the molecule is O=C(CN1CCN(Cc2ccccc2)CC1)NCCc1nnc2n1CCCCC2. The standard InChI is InChI=1S/C22H32N6O/c29-22(23-11-10-21-25-24-20-9-5-2-6-12-28(20)21)18-27-15-13-26(14-16-27)17-19-7-3-1-4-8-19/h1,3-4,7-8H,2,5-6,9-18H2,(H,23,29). The van der Waals surface area contributed by atoms with E-state index in [1.165, 1.54) is 24.8 Å². The highest BCUT2D eigenvalue weighted by molar-refractivity contribution is 5.78. The number of aryl methyl sites for hydroxylation is 1. The number of piperazine rings is 1. The summed E-state index contributed by atoms with van der Waals surface area (Å²) in [6, 6.07) is 10.6. The lowest BCUT2D eigenvalue weighted by Gasteiger charge is -2.34. The maximum absolute atomic E-state index is 12.3. The predicted octanol–water partition coefficient (Wildman–Crippen LogP) is 1.48. The van der Waals surface area contributed by atoms with Crippen LogP contribution < -0.4 is 5.32 Å². The molecule has 7 heteroatoms. The Morgan fingerprint density at radius 3 is 2.55 bits per heavy atom. The fourth-order valence-electron chi connectivity index (χ4n) is 4.25. The molecule has 0 spiro atoms. The number of carbonyl (C=O) groups is 1. The smallest absolute Gasteiger partial charge is 0.234 e.